The SMILES string of the molecule is CCc1nc(NC2c3ccccc3CC2O)c(C)nc1Br. The van der Waals surface area contributed by atoms with E-state index in [0.717, 1.165) is 33.8 Å². The van der Waals surface area contributed by atoms with Gasteiger partial charge in [-0.25, -0.2) is 9.97 Å². The van der Waals surface area contributed by atoms with Crippen LogP contribution in [-0.2, 0) is 12.8 Å². The van der Waals surface area contributed by atoms with Crippen molar-refractivity contribution in [3.8, 4) is 0 Å². The molecule has 1 heterocycles. The Hall–Kier alpha value is -1.46. The van der Waals surface area contributed by atoms with Gasteiger partial charge >= 0.3 is 0 Å². The standard InChI is InChI=1S/C16H18BrN3O/c1-3-12-15(17)18-9(2)16(19-12)20-14-11-7-5-4-6-10(11)8-13(14)21/h4-7,13-14,21H,3,8H2,1-2H3,(H,19,20). The van der Waals surface area contributed by atoms with Crippen molar-refractivity contribution in [2.24, 2.45) is 0 Å². The number of aryl methyl sites for hydroxylation is 2. The number of aromatic nitrogens is 2. The molecule has 0 radical (unpaired) electrons. The van der Waals surface area contributed by atoms with Crippen molar-refractivity contribution in [1.82, 2.24) is 9.97 Å². The van der Waals surface area contributed by atoms with Crippen LogP contribution in [0.3, 0.4) is 0 Å². The lowest BCUT2D eigenvalue weighted by molar-refractivity contribution is 0.165. The van der Waals surface area contributed by atoms with Crippen molar-refractivity contribution in [3.63, 3.8) is 0 Å². The number of aliphatic hydroxyl groups is 1. The first-order chi connectivity index (χ1) is 10.1. The molecule has 21 heavy (non-hydrogen) atoms. The van der Waals surface area contributed by atoms with Crippen molar-refractivity contribution in [3.05, 3.63) is 51.4 Å². The average molecular weight is 348 g/mol. The van der Waals surface area contributed by atoms with Crippen LogP contribution in [0.25, 0.3) is 0 Å². The summed E-state index contributed by atoms with van der Waals surface area (Å²) in [7, 11) is 0. The first-order valence-electron chi connectivity index (χ1n) is 7.15. The van der Waals surface area contributed by atoms with Crippen LogP contribution in [-0.4, -0.2) is 21.2 Å². The van der Waals surface area contributed by atoms with Crippen LogP contribution in [0, 0.1) is 6.92 Å². The van der Waals surface area contributed by atoms with E-state index in [9.17, 15) is 5.11 Å². The third-order valence-electron chi connectivity index (χ3n) is 3.92. The number of nitrogens with zero attached hydrogens (tertiary/aromatic N) is 2. The second-order valence-corrected chi connectivity index (χ2v) is 6.09. The Kier molecular flexibility index (Phi) is 3.95. The molecule has 2 unspecified atom stereocenters. The summed E-state index contributed by atoms with van der Waals surface area (Å²) in [5, 5.41) is 13.7. The zero-order valence-corrected chi connectivity index (χ0v) is 13.7. The molecule has 0 aliphatic heterocycles. The maximum Gasteiger partial charge on any atom is 0.148 e. The normalized spacial score (nSPS) is 20.4. The molecule has 1 aromatic heterocycles. The molecule has 4 nitrogen and oxygen atoms in total. The summed E-state index contributed by atoms with van der Waals surface area (Å²) < 4.78 is 0.792. The van der Waals surface area contributed by atoms with Crippen LogP contribution in [0.5, 0.6) is 0 Å². The van der Waals surface area contributed by atoms with Gasteiger partial charge in [0.25, 0.3) is 0 Å². The Morgan fingerprint density at radius 3 is 2.86 bits per heavy atom. The number of benzene rings is 1. The van der Waals surface area contributed by atoms with E-state index in [0.29, 0.717) is 6.42 Å². The summed E-state index contributed by atoms with van der Waals surface area (Å²) in [6.07, 6.45) is 1.06. The summed E-state index contributed by atoms with van der Waals surface area (Å²) in [6, 6.07) is 8.01. The minimum Gasteiger partial charge on any atom is -0.390 e. The summed E-state index contributed by atoms with van der Waals surface area (Å²) >= 11 is 3.44. The largest absolute Gasteiger partial charge is 0.390 e. The molecule has 0 saturated heterocycles. The molecule has 0 saturated carbocycles. The van der Waals surface area contributed by atoms with E-state index in [1.807, 2.05) is 26.0 Å². The summed E-state index contributed by atoms with van der Waals surface area (Å²) in [6.45, 7) is 3.97. The molecule has 2 N–H and O–H groups in total. The molecular formula is C16H18BrN3O. The number of nitrogens with one attached hydrogen (secondary N) is 1. The Morgan fingerprint density at radius 1 is 1.33 bits per heavy atom. The second kappa shape index (κ2) is 5.73. The fourth-order valence-corrected chi connectivity index (χ4v) is 3.42. The molecule has 5 heteroatoms. The Balaban J connectivity index is 1.94. The van der Waals surface area contributed by atoms with Crippen LogP contribution < -0.4 is 5.32 Å². The molecule has 2 atom stereocenters. The third kappa shape index (κ3) is 2.68. The highest BCUT2D eigenvalue weighted by atomic mass is 79.9. The van der Waals surface area contributed by atoms with Crippen LogP contribution >= 0.6 is 15.9 Å². The highest BCUT2D eigenvalue weighted by Gasteiger charge is 2.31. The van der Waals surface area contributed by atoms with E-state index in [1.165, 1.54) is 5.56 Å². The van der Waals surface area contributed by atoms with Gasteiger partial charge in [-0.3, -0.25) is 0 Å². The third-order valence-corrected chi connectivity index (χ3v) is 4.56. The lowest BCUT2D eigenvalue weighted by Gasteiger charge is -2.20. The van der Waals surface area contributed by atoms with E-state index in [1.54, 1.807) is 0 Å². The van der Waals surface area contributed by atoms with Gasteiger partial charge in [0, 0.05) is 6.42 Å². The van der Waals surface area contributed by atoms with Gasteiger partial charge in [0.2, 0.25) is 0 Å². The van der Waals surface area contributed by atoms with Gasteiger partial charge in [-0.1, -0.05) is 31.2 Å². The van der Waals surface area contributed by atoms with Crippen molar-refractivity contribution in [2.75, 3.05) is 5.32 Å². The Labute approximate surface area is 132 Å². The molecule has 2 aromatic rings. The minimum absolute atomic E-state index is 0.125. The van der Waals surface area contributed by atoms with E-state index in [2.05, 4.69) is 43.3 Å². The van der Waals surface area contributed by atoms with Crippen LogP contribution in [0.1, 0.15) is 35.5 Å². The Morgan fingerprint density at radius 2 is 2.10 bits per heavy atom. The van der Waals surface area contributed by atoms with Gasteiger partial charge < -0.3 is 10.4 Å². The first-order valence-corrected chi connectivity index (χ1v) is 7.95. The van der Waals surface area contributed by atoms with E-state index < -0.39 is 6.10 Å². The van der Waals surface area contributed by atoms with Gasteiger partial charge in [-0.2, -0.15) is 0 Å². The molecule has 110 valence electrons. The van der Waals surface area contributed by atoms with E-state index in [4.69, 9.17) is 0 Å². The predicted molar refractivity (Wildman–Crippen MR) is 86.4 cm³/mol. The van der Waals surface area contributed by atoms with E-state index in [-0.39, 0.29) is 6.04 Å². The molecule has 0 spiro atoms. The van der Waals surface area contributed by atoms with Crippen LogP contribution in [0.2, 0.25) is 0 Å². The van der Waals surface area contributed by atoms with Crippen LogP contribution in [0.15, 0.2) is 28.9 Å². The van der Waals surface area contributed by atoms with Gasteiger partial charge in [-0.15, -0.1) is 0 Å². The highest BCUT2D eigenvalue weighted by molar-refractivity contribution is 9.10. The smallest absolute Gasteiger partial charge is 0.148 e. The molecule has 0 bridgehead atoms. The zero-order chi connectivity index (χ0) is 15.0. The fourth-order valence-electron chi connectivity index (χ4n) is 2.78. The summed E-state index contributed by atoms with van der Waals surface area (Å²) in [5.41, 5.74) is 4.09. The predicted octanol–water partition coefficient (Wildman–Crippen LogP) is 3.18. The minimum atomic E-state index is -0.433. The number of anilines is 1. The van der Waals surface area contributed by atoms with Gasteiger partial charge in [-0.05, 0) is 40.4 Å². The zero-order valence-electron chi connectivity index (χ0n) is 12.1. The quantitative estimate of drug-likeness (QED) is 0.895. The van der Waals surface area contributed by atoms with Crippen LogP contribution in [0.4, 0.5) is 5.82 Å². The van der Waals surface area contributed by atoms with Crippen molar-refractivity contribution in [1.29, 1.82) is 0 Å². The van der Waals surface area contributed by atoms with Crippen molar-refractivity contribution in [2.45, 2.75) is 38.8 Å². The Bertz CT molecular complexity index is 675. The average Bonchev–Trinajstić information content (AvgIpc) is 2.78. The second-order valence-electron chi connectivity index (χ2n) is 5.34. The first kappa shape index (κ1) is 14.5. The monoisotopic (exact) mass is 347 g/mol. The maximum absolute atomic E-state index is 10.3. The van der Waals surface area contributed by atoms with Gasteiger partial charge in [0.1, 0.15) is 10.4 Å². The number of hydrogen-bond acceptors (Lipinski definition) is 4. The van der Waals surface area contributed by atoms with Gasteiger partial charge in [0.05, 0.1) is 23.5 Å². The van der Waals surface area contributed by atoms with Crippen molar-refractivity contribution < 1.29 is 5.11 Å². The molecule has 0 fully saturated rings. The molecule has 0 amide bonds. The summed E-state index contributed by atoms with van der Waals surface area (Å²) in [4.78, 5) is 9.11. The number of hydrogen-bond donors (Lipinski definition) is 2. The lowest BCUT2D eigenvalue weighted by Crippen LogP contribution is -2.22. The van der Waals surface area contributed by atoms with Crippen molar-refractivity contribution >= 4 is 21.7 Å². The topological polar surface area (TPSA) is 58.0 Å². The number of rotatable bonds is 3. The molecule has 3 rings (SSSR count). The molecule has 1 aliphatic rings. The molecular weight excluding hydrogens is 330 g/mol. The maximum atomic E-state index is 10.3. The van der Waals surface area contributed by atoms with E-state index >= 15 is 0 Å². The lowest BCUT2D eigenvalue weighted by atomic mass is 10.1. The summed E-state index contributed by atoms with van der Waals surface area (Å²) in [5.74, 6) is 0.746. The molecule has 1 aromatic carbocycles. The number of fused-ring (bicyclic) bond motifs is 1. The fraction of sp³-hybridized carbons (Fsp3) is 0.375. The van der Waals surface area contributed by atoms with Gasteiger partial charge in [0.15, 0.2) is 0 Å². The number of aliphatic hydroxyl groups excluding tert-OH is 1. The molecule has 1 aliphatic carbocycles. The highest BCUT2D eigenvalue weighted by Crippen LogP contribution is 2.34. The number of halogens is 1.